The van der Waals surface area contributed by atoms with E-state index in [-0.39, 0.29) is 11.6 Å². The molecule has 1 rings (SSSR count). The van der Waals surface area contributed by atoms with Crippen molar-refractivity contribution in [2.24, 2.45) is 5.84 Å². The maximum absolute atomic E-state index is 5.66. The number of aryl methyl sites for hydroxylation is 1. The molecule has 3 heteroatoms. The minimum absolute atomic E-state index is 0.00990. The van der Waals surface area contributed by atoms with Gasteiger partial charge in [0.2, 0.25) is 0 Å². The Balaban J connectivity index is 2.99. The van der Waals surface area contributed by atoms with E-state index in [1.54, 1.807) is 7.11 Å². The molecule has 0 aliphatic heterocycles. The van der Waals surface area contributed by atoms with Gasteiger partial charge in [-0.2, -0.15) is 0 Å². The average molecular weight is 236 g/mol. The Kier molecular flexibility index (Phi) is 5.12. The molecule has 1 aromatic carbocycles. The minimum atomic E-state index is -0.334. The maximum atomic E-state index is 5.66. The number of hydrogen-bond donors (Lipinski definition) is 2. The zero-order valence-corrected chi connectivity index (χ0v) is 11.3. The van der Waals surface area contributed by atoms with E-state index < -0.39 is 0 Å². The summed E-state index contributed by atoms with van der Waals surface area (Å²) in [6.07, 6.45) is 2.25. The summed E-state index contributed by atoms with van der Waals surface area (Å²) >= 11 is 0. The number of nitrogens with one attached hydrogen (secondary N) is 1. The number of benzene rings is 1. The Morgan fingerprint density at radius 2 is 2.12 bits per heavy atom. The third kappa shape index (κ3) is 3.53. The molecule has 0 heterocycles. The molecule has 0 aliphatic rings. The number of hydrazine groups is 1. The van der Waals surface area contributed by atoms with E-state index in [2.05, 4.69) is 36.6 Å². The fraction of sp³-hybridized carbons (Fsp3) is 0.571. The second kappa shape index (κ2) is 6.15. The number of hydrogen-bond acceptors (Lipinski definition) is 3. The summed E-state index contributed by atoms with van der Waals surface area (Å²) in [5.74, 6) is 5.66. The summed E-state index contributed by atoms with van der Waals surface area (Å²) in [5.41, 5.74) is 5.04. The molecule has 0 fully saturated rings. The lowest BCUT2D eigenvalue weighted by atomic mass is 9.90. The van der Waals surface area contributed by atoms with Crippen LogP contribution in [0.2, 0.25) is 0 Å². The first-order chi connectivity index (χ1) is 8.05. The van der Waals surface area contributed by atoms with Crippen molar-refractivity contribution in [1.82, 2.24) is 5.43 Å². The van der Waals surface area contributed by atoms with Crippen molar-refractivity contribution in [3.8, 4) is 0 Å². The standard InChI is InChI=1S/C14H24N2O/c1-5-7-11-8-6-9-12(10-11)13(16-15)14(2,3)17-4/h6,8-10,13,16H,5,7,15H2,1-4H3. The third-order valence-electron chi connectivity index (χ3n) is 3.21. The first kappa shape index (κ1) is 14.2. The first-order valence-electron chi connectivity index (χ1n) is 6.15. The van der Waals surface area contributed by atoms with Crippen molar-refractivity contribution >= 4 is 0 Å². The molecule has 0 spiro atoms. The monoisotopic (exact) mass is 236 g/mol. The Morgan fingerprint density at radius 3 is 2.65 bits per heavy atom. The molecule has 17 heavy (non-hydrogen) atoms. The fourth-order valence-electron chi connectivity index (χ4n) is 2.03. The van der Waals surface area contributed by atoms with Gasteiger partial charge in [-0.1, -0.05) is 37.6 Å². The Morgan fingerprint density at radius 1 is 1.41 bits per heavy atom. The fourth-order valence-corrected chi connectivity index (χ4v) is 2.03. The SMILES string of the molecule is CCCc1cccc(C(NN)C(C)(C)OC)c1. The lowest BCUT2D eigenvalue weighted by molar-refractivity contribution is -0.0111. The van der Waals surface area contributed by atoms with E-state index >= 15 is 0 Å². The number of nitrogens with two attached hydrogens (primary N) is 1. The second-order valence-corrected chi connectivity index (χ2v) is 4.90. The van der Waals surface area contributed by atoms with E-state index in [1.807, 2.05) is 13.8 Å². The highest BCUT2D eigenvalue weighted by atomic mass is 16.5. The van der Waals surface area contributed by atoms with Gasteiger partial charge in [0.1, 0.15) is 0 Å². The van der Waals surface area contributed by atoms with Crippen LogP contribution < -0.4 is 11.3 Å². The van der Waals surface area contributed by atoms with E-state index in [9.17, 15) is 0 Å². The molecule has 3 nitrogen and oxygen atoms in total. The maximum Gasteiger partial charge on any atom is 0.0829 e. The van der Waals surface area contributed by atoms with Crippen molar-refractivity contribution in [2.45, 2.75) is 45.3 Å². The zero-order chi connectivity index (χ0) is 12.9. The third-order valence-corrected chi connectivity index (χ3v) is 3.21. The van der Waals surface area contributed by atoms with Crippen LogP contribution in [0.15, 0.2) is 24.3 Å². The van der Waals surface area contributed by atoms with Gasteiger partial charge >= 0.3 is 0 Å². The number of rotatable bonds is 6. The summed E-state index contributed by atoms with van der Waals surface area (Å²) < 4.78 is 5.50. The summed E-state index contributed by atoms with van der Waals surface area (Å²) in [4.78, 5) is 0. The molecule has 0 radical (unpaired) electrons. The molecule has 1 atom stereocenters. The van der Waals surface area contributed by atoms with Crippen molar-refractivity contribution in [1.29, 1.82) is 0 Å². The van der Waals surface area contributed by atoms with Gasteiger partial charge in [-0.3, -0.25) is 11.3 Å². The molecular formula is C14H24N2O. The lowest BCUT2D eigenvalue weighted by Crippen LogP contribution is -2.44. The van der Waals surface area contributed by atoms with Gasteiger partial charge in [-0.05, 0) is 31.4 Å². The van der Waals surface area contributed by atoms with Gasteiger partial charge in [-0.15, -0.1) is 0 Å². The molecule has 0 saturated heterocycles. The van der Waals surface area contributed by atoms with Crippen molar-refractivity contribution in [3.63, 3.8) is 0 Å². The highest BCUT2D eigenvalue weighted by Gasteiger charge is 2.29. The molecule has 1 unspecified atom stereocenters. The molecular weight excluding hydrogens is 212 g/mol. The number of ether oxygens (including phenoxy) is 1. The summed E-state index contributed by atoms with van der Waals surface area (Å²) in [6.45, 7) is 6.25. The largest absolute Gasteiger partial charge is 0.377 e. The average Bonchev–Trinajstić information content (AvgIpc) is 2.30. The van der Waals surface area contributed by atoms with Gasteiger partial charge < -0.3 is 4.74 Å². The summed E-state index contributed by atoms with van der Waals surface area (Å²) in [5, 5.41) is 0. The molecule has 0 bridgehead atoms. The van der Waals surface area contributed by atoms with Crippen LogP contribution >= 0.6 is 0 Å². The van der Waals surface area contributed by atoms with Crippen LogP contribution in [0.4, 0.5) is 0 Å². The van der Waals surface area contributed by atoms with Crippen molar-refractivity contribution < 1.29 is 4.74 Å². The number of methoxy groups -OCH3 is 1. The van der Waals surface area contributed by atoms with E-state index in [4.69, 9.17) is 10.6 Å². The van der Waals surface area contributed by atoms with Crippen molar-refractivity contribution in [3.05, 3.63) is 35.4 Å². The van der Waals surface area contributed by atoms with Gasteiger partial charge in [0.25, 0.3) is 0 Å². The predicted octanol–water partition coefficient (Wildman–Crippen LogP) is 2.57. The molecule has 0 aromatic heterocycles. The summed E-state index contributed by atoms with van der Waals surface area (Å²) in [6, 6.07) is 8.51. The van der Waals surface area contributed by atoms with Crippen LogP contribution in [0.3, 0.4) is 0 Å². The smallest absolute Gasteiger partial charge is 0.0829 e. The topological polar surface area (TPSA) is 47.3 Å². The van der Waals surface area contributed by atoms with Gasteiger partial charge in [-0.25, -0.2) is 0 Å². The normalized spacial score (nSPS) is 13.7. The molecule has 3 N–H and O–H groups in total. The van der Waals surface area contributed by atoms with Crippen LogP contribution in [-0.4, -0.2) is 12.7 Å². The molecule has 1 aromatic rings. The highest BCUT2D eigenvalue weighted by molar-refractivity contribution is 5.28. The molecule has 0 saturated carbocycles. The quantitative estimate of drug-likeness (QED) is 0.589. The van der Waals surface area contributed by atoms with Gasteiger partial charge in [0.05, 0.1) is 11.6 Å². The zero-order valence-electron chi connectivity index (χ0n) is 11.3. The van der Waals surface area contributed by atoms with Crippen LogP contribution in [0.5, 0.6) is 0 Å². The Hall–Kier alpha value is -0.900. The van der Waals surface area contributed by atoms with E-state index in [0.717, 1.165) is 12.8 Å². The van der Waals surface area contributed by atoms with E-state index in [0.29, 0.717) is 0 Å². The summed E-state index contributed by atoms with van der Waals surface area (Å²) in [7, 11) is 1.71. The van der Waals surface area contributed by atoms with Gasteiger partial charge in [0.15, 0.2) is 0 Å². The van der Waals surface area contributed by atoms with Crippen molar-refractivity contribution in [2.75, 3.05) is 7.11 Å². The molecule has 0 amide bonds. The van der Waals surface area contributed by atoms with Crippen LogP contribution in [-0.2, 0) is 11.2 Å². The second-order valence-electron chi connectivity index (χ2n) is 4.90. The predicted molar refractivity (Wildman–Crippen MR) is 71.6 cm³/mol. The lowest BCUT2D eigenvalue weighted by Gasteiger charge is -2.33. The van der Waals surface area contributed by atoms with E-state index in [1.165, 1.54) is 11.1 Å². The van der Waals surface area contributed by atoms with Crippen LogP contribution in [0, 0.1) is 0 Å². The first-order valence-corrected chi connectivity index (χ1v) is 6.15. The van der Waals surface area contributed by atoms with Crippen LogP contribution in [0.25, 0.3) is 0 Å². The molecule has 0 aliphatic carbocycles. The highest BCUT2D eigenvalue weighted by Crippen LogP contribution is 2.28. The van der Waals surface area contributed by atoms with Crippen LogP contribution in [0.1, 0.15) is 44.4 Å². The van der Waals surface area contributed by atoms with Gasteiger partial charge in [0, 0.05) is 7.11 Å². The Labute approximate surface area is 104 Å². The molecule has 96 valence electrons. The Bertz CT molecular complexity index is 350. The minimum Gasteiger partial charge on any atom is -0.377 e.